The Morgan fingerprint density at radius 3 is 2.64 bits per heavy atom. The molecule has 1 atom stereocenters. The van der Waals surface area contributed by atoms with Crippen LogP contribution in [0.15, 0.2) is 23.3 Å². The van der Waals surface area contributed by atoms with Crippen LogP contribution in [0.2, 0.25) is 0 Å². The maximum absolute atomic E-state index is 8.57. The van der Waals surface area contributed by atoms with Crippen molar-refractivity contribution < 1.29 is 0 Å². The van der Waals surface area contributed by atoms with Gasteiger partial charge in [0, 0.05) is 11.5 Å². The Hall–Kier alpha value is -1.07. The fourth-order valence-electron chi connectivity index (χ4n) is 1.93. The highest BCUT2D eigenvalue weighted by Crippen LogP contribution is 2.36. The number of nitrogens with one attached hydrogen (secondary N) is 1. The normalized spacial score (nSPS) is 24.9. The molecule has 0 aromatic carbocycles. The summed E-state index contributed by atoms with van der Waals surface area (Å²) in [6, 6.07) is 2.41. The predicted octanol–water partition coefficient (Wildman–Crippen LogP) is 2.40. The third kappa shape index (κ3) is 1.88. The molecule has 2 heteroatoms. The minimum atomic E-state index is 0.107. The molecular formula is C12H18N2. The molecular weight excluding hydrogens is 172 g/mol. The lowest BCUT2D eigenvalue weighted by atomic mass is 9.72. The molecule has 0 aliphatic heterocycles. The largest absolute Gasteiger partial charge is 0.297 e. The summed E-state index contributed by atoms with van der Waals surface area (Å²) in [5.74, 6) is 0. The lowest BCUT2D eigenvalue weighted by molar-refractivity contribution is 0.330. The van der Waals surface area contributed by atoms with E-state index in [2.05, 4.69) is 51.2 Å². The molecule has 1 rings (SSSR count). The third-order valence-electron chi connectivity index (χ3n) is 3.17. The van der Waals surface area contributed by atoms with Gasteiger partial charge in [-0.05, 0) is 13.8 Å². The fraction of sp³-hybridized carbons (Fsp3) is 0.583. The number of rotatable bonds is 2. The number of hydrogen-bond donors (Lipinski definition) is 1. The van der Waals surface area contributed by atoms with E-state index >= 15 is 0 Å². The summed E-state index contributed by atoms with van der Waals surface area (Å²) in [6.45, 7) is 9.09. The van der Waals surface area contributed by atoms with Gasteiger partial charge in [-0.2, -0.15) is 5.26 Å². The van der Waals surface area contributed by atoms with Crippen molar-refractivity contribution in [2.75, 3.05) is 6.54 Å². The molecule has 0 aromatic rings. The summed E-state index contributed by atoms with van der Waals surface area (Å²) in [4.78, 5) is 0. The zero-order valence-electron chi connectivity index (χ0n) is 9.39. The number of hydrogen-bond acceptors (Lipinski definition) is 2. The number of allylic oxidation sites excluding steroid dienone is 2. The van der Waals surface area contributed by atoms with Crippen molar-refractivity contribution in [1.82, 2.24) is 5.32 Å². The van der Waals surface area contributed by atoms with E-state index in [1.54, 1.807) is 0 Å². The molecule has 0 amide bonds. The Kier molecular flexibility index (Phi) is 3.13. The fourth-order valence-corrected chi connectivity index (χ4v) is 1.93. The molecule has 1 aliphatic rings. The van der Waals surface area contributed by atoms with Gasteiger partial charge < -0.3 is 0 Å². The van der Waals surface area contributed by atoms with Crippen LogP contribution >= 0.6 is 0 Å². The lowest BCUT2D eigenvalue weighted by Gasteiger charge is -2.38. The molecule has 0 saturated carbocycles. The molecule has 0 aromatic heterocycles. The smallest absolute Gasteiger partial charge is 0.0845 e. The minimum absolute atomic E-state index is 0.107. The summed E-state index contributed by atoms with van der Waals surface area (Å²) < 4.78 is 0. The van der Waals surface area contributed by atoms with E-state index in [1.807, 2.05) is 0 Å². The molecule has 0 spiro atoms. The van der Waals surface area contributed by atoms with E-state index in [9.17, 15) is 0 Å². The van der Waals surface area contributed by atoms with Gasteiger partial charge in [0.15, 0.2) is 0 Å². The zero-order valence-corrected chi connectivity index (χ0v) is 9.39. The van der Waals surface area contributed by atoms with E-state index in [4.69, 9.17) is 5.26 Å². The molecule has 0 saturated heterocycles. The van der Waals surface area contributed by atoms with Crippen LogP contribution in [0.1, 0.15) is 27.7 Å². The van der Waals surface area contributed by atoms with Crippen molar-refractivity contribution >= 4 is 0 Å². The standard InChI is InChI=1S/C12H18N2/c1-9-5-6-10(2)12(3,4)11(9)14-8-7-13/h5-6,11,14H,8H2,1-4H3. The van der Waals surface area contributed by atoms with Crippen LogP contribution in [0, 0.1) is 16.7 Å². The first-order valence-electron chi connectivity index (χ1n) is 4.96. The van der Waals surface area contributed by atoms with Crippen molar-refractivity contribution in [3.63, 3.8) is 0 Å². The van der Waals surface area contributed by atoms with Crippen LogP contribution in [0.25, 0.3) is 0 Å². The Morgan fingerprint density at radius 2 is 2.07 bits per heavy atom. The van der Waals surface area contributed by atoms with Gasteiger partial charge in [-0.3, -0.25) is 5.32 Å². The van der Waals surface area contributed by atoms with Crippen molar-refractivity contribution in [2.24, 2.45) is 5.41 Å². The SMILES string of the molecule is CC1=CC=C(C)C(C)(C)C1NCC#N. The van der Waals surface area contributed by atoms with E-state index in [0.717, 1.165) is 0 Å². The molecule has 1 N–H and O–H groups in total. The highest BCUT2D eigenvalue weighted by atomic mass is 14.9. The van der Waals surface area contributed by atoms with Gasteiger partial charge in [0.1, 0.15) is 0 Å². The van der Waals surface area contributed by atoms with Gasteiger partial charge in [-0.15, -0.1) is 0 Å². The van der Waals surface area contributed by atoms with Gasteiger partial charge in [0.2, 0.25) is 0 Å². The second kappa shape index (κ2) is 3.98. The maximum atomic E-state index is 8.57. The van der Waals surface area contributed by atoms with Crippen molar-refractivity contribution in [3.8, 4) is 6.07 Å². The summed E-state index contributed by atoms with van der Waals surface area (Å²) in [7, 11) is 0. The summed E-state index contributed by atoms with van der Waals surface area (Å²) in [5.41, 5.74) is 2.77. The average Bonchev–Trinajstić information content (AvgIpc) is 2.12. The van der Waals surface area contributed by atoms with Crippen LogP contribution in [0.5, 0.6) is 0 Å². The molecule has 14 heavy (non-hydrogen) atoms. The first-order valence-corrected chi connectivity index (χ1v) is 4.96. The summed E-state index contributed by atoms with van der Waals surface area (Å²) >= 11 is 0. The highest BCUT2D eigenvalue weighted by Gasteiger charge is 2.33. The van der Waals surface area contributed by atoms with Crippen molar-refractivity contribution in [1.29, 1.82) is 5.26 Å². The molecule has 0 radical (unpaired) electrons. The molecule has 0 fully saturated rings. The van der Waals surface area contributed by atoms with Crippen LogP contribution in [0.4, 0.5) is 0 Å². The van der Waals surface area contributed by atoms with E-state index in [0.29, 0.717) is 6.54 Å². The second-order valence-corrected chi connectivity index (χ2v) is 4.45. The van der Waals surface area contributed by atoms with Crippen LogP contribution in [0.3, 0.4) is 0 Å². The van der Waals surface area contributed by atoms with Gasteiger partial charge in [0.25, 0.3) is 0 Å². The van der Waals surface area contributed by atoms with Crippen LogP contribution in [-0.4, -0.2) is 12.6 Å². The average molecular weight is 190 g/mol. The molecule has 0 bridgehead atoms. The van der Waals surface area contributed by atoms with E-state index in [-0.39, 0.29) is 11.5 Å². The Morgan fingerprint density at radius 1 is 1.43 bits per heavy atom. The van der Waals surface area contributed by atoms with E-state index in [1.165, 1.54) is 11.1 Å². The Labute approximate surface area is 86.3 Å². The molecule has 2 nitrogen and oxygen atoms in total. The molecule has 1 aliphatic carbocycles. The van der Waals surface area contributed by atoms with Crippen molar-refractivity contribution in [2.45, 2.75) is 33.7 Å². The molecule has 0 heterocycles. The lowest BCUT2D eigenvalue weighted by Crippen LogP contribution is -2.44. The summed E-state index contributed by atoms with van der Waals surface area (Å²) in [5, 5.41) is 11.8. The third-order valence-corrected chi connectivity index (χ3v) is 3.17. The maximum Gasteiger partial charge on any atom is 0.0845 e. The Balaban J connectivity index is 2.88. The quantitative estimate of drug-likeness (QED) is 0.679. The first kappa shape index (κ1) is 11.0. The minimum Gasteiger partial charge on any atom is -0.297 e. The van der Waals surface area contributed by atoms with Crippen LogP contribution < -0.4 is 5.32 Å². The topological polar surface area (TPSA) is 35.8 Å². The monoisotopic (exact) mass is 190 g/mol. The first-order chi connectivity index (χ1) is 6.50. The molecule has 1 unspecified atom stereocenters. The van der Waals surface area contributed by atoms with Gasteiger partial charge in [-0.1, -0.05) is 37.1 Å². The van der Waals surface area contributed by atoms with Gasteiger partial charge in [-0.25, -0.2) is 0 Å². The zero-order chi connectivity index (χ0) is 10.8. The molecule has 76 valence electrons. The van der Waals surface area contributed by atoms with Gasteiger partial charge >= 0.3 is 0 Å². The van der Waals surface area contributed by atoms with Crippen LogP contribution in [-0.2, 0) is 0 Å². The van der Waals surface area contributed by atoms with Crippen molar-refractivity contribution in [3.05, 3.63) is 23.3 Å². The Bertz CT molecular complexity index is 316. The van der Waals surface area contributed by atoms with Gasteiger partial charge in [0.05, 0.1) is 12.6 Å². The number of nitriles is 1. The highest BCUT2D eigenvalue weighted by molar-refractivity contribution is 5.33. The van der Waals surface area contributed by atoms with E-state index < -0.39 is 0 Å². The predicted molar refractivity (Wildman–Crippen MR) is 58.7 cm³/mol. The second-order valence-electron chi connectivity index (χ2n) is 4.45. The summed E-state index contributed by atoms with van der Waals surface area (Å²) in [6.07, 6.45) is 4.30. The number of nitrogens with zero attached hydrogens (tertiary/aromatic N) is 1.